The van der Waals surface area contributed by atoms with Gasteiger partial charge in [0.15, 0.2) is 0 Å². The zero-order chi connectivity index (χ0) is 13.1. The minimum absolute atomic E-state index is 0.0924. The van der Waals surface area contributed by atoms with Crippen LogP contribution in [0.25, 0.3) is 0 Å². The molecule has 0 bridgehead atoms. The third-order valence-electron chi connectivity index (χ3n) is 2.99. The molecule has 0 spiro atoms. The van der Waals surface area contributed by atoms with Gasteiger partial charge in [-0.05, 0) is 37.6 Å². The van der Waals surface area contributed by atoms with Gasteiger partial charge in [-0.3, -0.25) is 4.79 Å². The summed E-state index contributed by atoms with van der Waals surface area (Å²) in [6, 6.07) is 7.31. The van der Waals surface area contributed by atoms with Gasteiger partial charge >= 0.3 is 0 Å². The van der Waals surface area contributed by atoms with E-state index in [2.05, 4.69) is 0 Å². The van der Waals surface area contributed by atoms with E-state index in [1.165, 1.54) is 0 Å². The maximum atomic E-state index is 12.1. The summed E-state index contributed by atoms with van der Waals surface area (Å²) in [7, 11) is 3.34. The summed E-state index contributed by atoms with van der Waals surface area (Å²) in [5.74, 6) is 0.672. The fourth-order valence-electron chi connectivity index (χ4n) is 1.46. The highest BCUT2D eigenvalue weighted by atomic mass is 16.5. The Hall–Kier alpha value is -1.55. The molecule has 1 unspecified atom stereocenters. The van der Waals surface area contributed by atoms with Crippen molar-refractivity contribution in [1.29, 1.82) is 0 Å². The van der Waals surface area contributed by atoms with E-state index in [4.69, 9.17) is 10.5 Å². The lowest BCUT2D eigenvalue weighted by atomic mass is 9.98. The molecule has 94 valence electrons. The van der Waals surface area contributed by atoms with Crippen LogP contribution in [0.2, 0.25) is 0 Å². The SMILES string of the molecule is CCC(C)(N)C(=O)N(C)c1ccc(OC)cc1. The standard InChI is InChI=1S/C13H20N2O2/c1-5-13(2,14)12(16)15(3)10-6-8-11(17-4)9-7-10/h6-9H,5,14H2,1-4H3. The number of hydrogen-bond acceptors (Lipinski definition) is 3. The number of rotatable bonds is 4. The average Bonchev–Trinajstić information content (AvgIpc) is 2.37. The number of nitrogens with two attached hydrogens (primary N) is 1. The highest BCUT2D eigenvalue weighted by Crippen LogP contribution is 2.20. The molecule has 1 aromatic carbocycles. The summed E-state index contributed by atoms with van der Waals surface area (Å²) in [6.07, 6.45) is 0.604. The molecule has 1 atom stereocenters. The normalized spacial score (nSPS) is 13.9. The highest BCUT2D eigenvalue weighted by Gasteiger charge is 2.29. The topological polar surface area (TPSA) is 55.6 Å². The molecule has 4 heteroatoms. The number of hydrogen-bond donors (Lipinski definition) is 1. The molecular weight excluding hydrogens is 216 g/mol. The Kier molecular flexibility index (Phi) is 4.12. The van der Waals surface area contributed by atoms with Gasteiger partial charge in [0.2, 0.25) is 5.91 Å². The van der Waals surface area contributed by atoms with Crippen molar-refractivity contribution in [3.63, 3.8) is 0 Å². The fourth-order valence-corrected chi connectivity index (χ4v) is 1.46. The predicted molar refractivity (Wildman–Crippen MR) is 69.3 cm³/mol. The van der Waals surface area contributed by atoms with E-state index in [9.17, 15) is 4.79 Å². The molecule has 0 aromatic heterocycles. The van der Waals surface area contributed by atoms with E-state index in [-0.39, 0.29) is 5.91 Å². The van der Waals surface area contributed by atoms with Gasteiger partial charge in [0, 0.05) is 12.7 Å². The molecule has 1 rings (SSSR count). The van der Waals surface area contributed by atoms with Crippen LogP contribution in [0.5, 0.6) is 5.75 Å². The number of nitrogens with zero attached hydrogens (tertiary/aromatic N) is 1. The molecule has 1 aromatic rings. The molecule has 0 saturated heterocycles. The Morgan fingerprint density at radius 1 is 1.41 bits per heavy atom. The van der Waals surface area contributed by atoms with Crippen LogP contribution in [-0.2, 0) is 4.79 Å². The molecule has 0 aliphatic rings. The largest absolute Gasteiger partial charge is 0.497 e. The van der Waals surface area contributed by atoms with E-state index >= 15 is 0 Å². The first kappa shape index (κ1) is 13.5. The van der Waals surface area contributed by atoms with Crippen LogP contribution in [0, 0.1) is 0 Å². The third kappa shape index (κ3) is 2.97. The first-order valence-electron chi connectivity index (χ1n) is 5.63. The van der Waals surface area contributed by atoms with Crippen LogP contribution in [0.15, 0.2) is 24.3 Å². The average molecular weight is 236 g/mol. The second-order valence-electron chi connectivity index (χ2n) is 4.33. The first-order valence-corrected chi connectivity index (χ1v) is 5.63. The van der Waals surface area contributed by atoms with Gasteiger partial charge < -0.3 is 15.4 Å². The van der Waals surface area contributed by atoms with E-state index in [0.717, 1.165) is 11.4 Å². The molecule has 4 nitrogen and oxygen atoms in total. The zero-order valence-corrected chi connectivity index (χ0v) is 10.9. The van der Waals surface area contributed by atoms with Crippen molar-refractivity contribution in [3.05, 3.63) is 24.3 Å². The molecule has 0 heterocycles. The Bertz CT molecular complexity index is 385. The van der Waals surface area contributed by atoms with Crippen LogP contribution in [0.4, 0.5) is 5.69 Å². The smallest absolute Gasteiger partial charge is 0.246 e. The molecular formula is C13H20N2O2. The fraction of sp³-hybridized carbons (Fsp3) is 0.462. The maximum absolute atomic E-state index is 12.1. The third-order valence-corrected chi connectivity index (χ3v) is 2.99. The number of methoxy groups -OCH3 is 1. The van der Waals surface area contributed by atoms with Gasteiger partial charge in [-0.15, -0.1) is 0 Å². The molecule has 0 aliphatic heterocycles. The van der Waals surface area contributed by atoms with Crippen LogP contribution in [0.1, 0.15) is 20.3 Å². The Morgan fingerprint density at radius 3 is 2.35 bits per heavy atom. The van der Waals surface area contributed by atoms with E-state index in [0.29, 0.717) is 6.42 Å². The maximum Gasteiger partial charge on any atom is 0.246 e. The van der Waals surface area contributed by atoms with E-state index < -0.39 is 5.54 Å². The summed E-state index contributed by atoms with van der Waals surface area (Å²) in [5.41, 5.74) is 5.92. The molecule has 0 aliphatic carbocycles. The number of carbonyl (C=O) groups is 1. The lowest BCUT2D eigenvalue weighted by Crippen LogP contribution is -2.51. The summed E-state index contributed by atoms with van der Waals surface area (Å²) < 4.78 is 5.07. The molecule has 0 fully saturated rings. The van der Waals surface area contributed by atoms with Crippen molar-refractivity contribution in [3.8, 4) is 5.75 Å². The van der Waals surface area contributed by atoms with Crippen molar-refractivity contribution < 1.29 is 9.53 Å². The van der Waals surface area contributed by atoms with Gasteiger partial charge in [-0.1, -0.05) is 6.92 Å². The van der Waals surface area contributed by atoms with Crippen LogP contribution in [-0.4, -0.2) is 25.6 Å². The Labute approximate surface area is 102 Å². The molecule has 0 saturated carbocycles. The quantitative estimate of drug-likeness (QED) is 0.867. The number of carbonyl (C=O) groups excluding carboxylic acids is 1. The summed E-state index contributed by atoms with van der Waals surface area (Å²) in [6.45, 7) is 3.65. The van der Waals surface area contributed by atoms with Gasteiger partial charge in [0.25, 0.3) is 0 Å². The number of benzene rings is 1. The number of likely N-dealkylation sites (N-methyl/N-ethyl adjacent to an activating group) is 1. The highest BCUT2D eigenvalue weighted by molar-refractivity contribution is 5.99. The minimum atomic E-state index is -0.825. The van der Waals surface area contributed by atoms with Crippen LogP contribution < -0.4 is 15.4 Å². The number of amides is 1. The van der Waals surface area contributed by atoms with E-state index in [1.54, 1.807) is 26.0 Å². The lowest BCUT2D eigenvalue weighted by molar-refractivity contribution is -0.122. The minimum Gasteiger partial charge on any atom is -0.497 e. The Morgan fingerprint density at radius 2 is 1.94 bits per heavy atom. The Balaban J connectivity index is 2.88. The number of ether oxygens (including phenoxy) is 1. The first-order chi connectivity index (χ1) is 7.92. The zero-order valence-electron chi connectivity index (χ0n) is 10.9. The second-order valence-corrected chi connectivity index (χ2v) is 4.33. The van der Waals surface area contributed by atoms with Crippen LogP contribution in [0.3, 0.4) is 0 Å². The van der Waals surface area contributed by atoms with Crippen molar-refractivity contribution in [2.45, 2.75) is 25.8 Å². The van der Waals surface area contributed by atoms with Gasteiger partial charge in [0.05, 0.1) is 12.6 Å². The molecule has 17 heavy (non-hydrogen) atoms. The monoisotopic (exact) mass is 236 g/mol. The van der Waals surface area contributed by atoms with Crippen molar-refractivity contribution in [1.82, 2.24) is 0 Å². The van der Waals surface area contributed by atoms with Gasteiger partial charge in [-0.25, -0.2) is 0 Å². The molecule has 2 N–H and O–H groups in total. The summed E-state index contributed by atoms with van der Waals surface area (Å²) in [4.78, 5) is 13.7. The molecule has 1 amide bonds. The molecule has 0 radical (unpaired) electrons. The summed E-state index contributed by atoms with van der Waals surface area (Å²) in [5, 5.41) is 0. The van der Waals surface area contributed by atoms with Crippen LogP contribution >= 0.6 is 0 Å². The van der Waals surface area contributed by atoms with E-state index in [1.807, 2.05) is 31.2 Å². The van der Waals surface area contributed by atoms with Gasteiger partial charge in [0.1, 0.15) is 5.75 Å². The predicted octanol–water partition coefficient (Wildman–Crippen LogP) is 1.79. The second kappa shape index (κ2) is 5.19. The lowest BCUT2D eigenvalue weighted by Gasteiger charge is -2.28. The number of anilines is 1. The van der Waals surface area contributed by atoms with Crippen molar-refractivity contribution >= 4 is 11.6 Å². The van der Waals surface area contributed by atoms with Crippen molar-refractivity contribution in [2.75, 3.05) is 19.1 Å². The van der Waals surface area contributed by atoms with Crippen molar-refractivity contribution in [2.24, 2.45) is 5.73 Å². The van der Waals surface area contributed by atoms with Gasteiger partial charge in [-0.2, -0.15) is 0 Å². The summed E-state index contributed by atoms with van der Waals surface area (Å²) >= 11 is 0.